The fraction of sp³-hybridized carbons (Fsp3) is 0.400. The van der Waals surface area contributed by atoms with Crippen LogP contribution in [0.5, 0.6) is 0 Å². The third kappa shape index (κ3) is 4.81. The number of amides is 1. The number of pyridine rings is 1. The number of hydrogen-bond donors (Lipinski definition) is 1. The number of nitrogens with zero attached hydrogens (tertiary/aromatic N) is 1. The Hall–Kier alpha value is -1.87. The SMILES string of the molecule is CCc1ccc(C)[n+](CC(=O)Nc2c(CC)cccc2CC)c1.Cl. The highest BCUT2D eigenvalue weighted by atomic mass is 35.5. The minimum atomic E-state index is 0. The molecular weight excluding hydrogens is 320 g/mol. The van der Waals surface area contributed by atoms with Crippen molar-refractivity contribution in [2.24, 2.45) is 0 Å². The van der Waals surface area contributed by atoms with E-state index in [1.54, 1.807) is 0 Å². The van der Waals surface area contributed by atoms with Gasteiger partial charge in [0.05, 0.1) is 0 Å². The topological polar surface area (TPSA) is 33.0 Å². The van der Waals surface area contributed by atoms with Gasteiger partial charge in [-0.3, -0.25) is 4.79 Å². The van der Waals surface area contributed by atoms with Gasteiger partial charge in [0.25, 0.3) is 5.91 Å². The lowest BCUT2D eigenvalue weighted by molar-refractivity contribution is -0.690. The number of benzene rings is 1. The van der Waals surface area contributed by atoms with Gasteiger partial charge in [-0.2, -0.15) is 4.57 Å². The molecule has 130 valence electrons. The van der Waals surface area contributed by atoms with Gasteiger partial charge >= 0.3 is 0 Å². The van der Waals surface area contributed by atoms with Gasteiger partial charge in [-0.15, -0.1) is 12.4 Å². The first-order valence-corrected chi connectivity index (χ1v) is 8.48. The van der Waals surface area contributed by atoms with Gasteiger partial charge < -0.3 is 5.32 Å². The third-order valence-corrected chi connectivity index (χ3v) is 4.30. The number of halogens is 1. The number of nitrogens with one attached hydrogen (secondary N) is 1. The van der Waals surface area contributed by atoms with Gasteiger partial charge in [-0.1, -0.05) is 39.0 Å². The zero-order valence-corrected chi connectivity index (χ0v) is 15.9. The zero-order valence-electron chi connectivity index (χ0n) is 15.1. The van der Waals surface area contributed by atoms with Crippen molar-refractivity contribution in [1.29, 1.82) is 0 Å². The Labute approximate surface area is 151 Å². The number of aromatic nitrogens is 1. The van der Waals surface area contributed by atoms with E-state index < -0.39 is 0 Å². The summed E-state index contributed by atoms with van der Waals surface area (Å²) in [5, 5.41) is 3.13. The van der Waals surface area contributed by atoms with Crippen molar-refractivity contribution < 1.29 is 9.36 Å². The van der Waals surface area contributed by atoms with Crippen LogP contribution in [-0.2, 0) is 30.6 Å². The molecule has 1 amide bonds. The number of rotatable bonds is 6. The summed E-state index contributed by atoms with van der Waals surface area (Å²) in [6.07, 6.45) is 4.88. The standard InChI is InChI=1S/C20H26N2O.ClH/c1-5-16-12-11-15(4)22(13-16)14-19(23)21-20-17(6-2)9-8-10-18(20)7-3;/h8-13H,5-7,14H2,1-4H3;1H/p+1. The molecule has 2 aromatic rings. The number of carbonyl (C=O) groups excluding carboxylic acids is 1. The lowest BCUT2D eigenvalue weighted by Crippen LogP contribution is -2.43. The first kappa shape index (κ1) is 20.2. The van der Waals surface area contributed by atoms with Crippen LogP contribution in [0.4, 0.5) is 5.69 Å². The summed E-state index contributed by atoms with van der Waals surface area (Å²) in [7, 11) is 0. The van der Waals surface area contributed by atoms with E-state index in [1.165, 1.54) is 16.7 Å². The number of hydrogen-bond acceptors (Lipinski definition) is 1. The van der Waals surface area contributed by atoms with Crippen LogP contribution < -0.4 is 9.88 Å². The van der Waals surface area contributed by atoms with Crippen LogP contribution in [0.1, 0.15) is 43.2 Å². The molecule has 0 saturated heterocycles. The van der Waals surface area contributed by atoms with Crippen molar-refractivity contribution in [1.82, 2.24) is 0 Å². The van der Waals surface area contributed by atoms with E-state index in [0.29, 0.717) is 6.54 Å². The second kappa shape index (κ2) is 9.43. The fourth-order valence-corrected chi connectivity index (χ4v) is 2.78. The van der Waals surface area contributed by atoms with Crippen LogP contribution in [0.25, 0.3) is 0 Å². The third-order valence-electron chi connectivity index (χ3n) is 4.30. The molecule has 4 heteroatoms. The molecule has 24 heavy (non-hydrogen) atoms. The van der Waals surface area contributed by atoms with Crippen molar-refractivity contribution in [3.05, 3.63) is 58.9 Å². The van der Waals surface area contributed by atoms with Gasteiger partial charge in [-0.05, 0) is 36.5 Å². The molecule has 0 bridgehead atoms. The van der Waals surface area contributed by atoms with Crippen molar-refractivity contribution in [2.75, 3.05) is 5.32 Å². The van der Waals surface area contributed by atoms with Gasteiger partial charge in [-0.25, -0.2) is 0 Å². The maximum Gasteiger partial charge on any atom is 0.290 e. The minimum Gasteiger partial charge on any atom is -0.320 e. The number of aryl methyl sites for hydroxylation is 4. The smallest absolute Gasteiger partial charge is 0.290 e. The average Bonchev–Trinajstić information content (AvgIpc) is 2.57. The number of carbonyl (C=O) groups is 1. The Balaban J connectivity index is 0.00000288. The Morgan fingerprint density at radius 2 is 1.62 bits per heavy atom. The van der Waals surface area contributed by atoms with Crippen LogP contribution in [-0.4, -0.2) is 5.91 Å². The molecule has 0 atom stereocenters. The van der Waals surface area contributed by atoms with Gasteiger partial charge in [0.1, 0.15) is 0 Å². The maximum absolute atomic E-state index is 12.5. The Bertz CT molecular complexity index is 676. The molecular formula is C20H28ClN2O+. The summed E-state index contributed by atoms with van der Waals surface area (Å²) in [5.74, 6) is 0.0296. The first-order chi connectivity index (χ1) is 11.1. The Morgan fingerprint density at radius 3 is 2.17 bits per heavy atom. The average molecular weight is 348 g/mol. The number of para-hydroxylation sites is 1. The molecule has 0 aliphatic rings. The van der Waals surface area contributed by atoms with Crippen molar-refractivity contribution in [3.8, 4) is 0 Å². The van der Waals surface area contributed by atoms with Gasteiger partial charge in [0, 0.05) is 24.2 Å². The molecule has 0 radical (unpaired) electrons. The molecule has 0 unspecified atom stereocenters. The molecule has 0 aliphatic heterocycles. The molecule has 1 heterocycles. The van der Waals surface area contributed by atoms with Crippen LogP contribution in [0.15, 0.2) is 36.5 Å². The van der Waals surface area contributed by atoms with Crippen LogP contribution in [0.3, 0.4) is 0 Å². The highest BCUT2D eigenvalue weighted by Gasteiger charge is 2.16. The minimum absolute atomic E-state index is 0. The zero-order chi connectivity index (χ0) is 16.8. The summed E-state index contributed by atoms with van der Waals surface area (Å²) >= 11 is 0. The summed E-state index contributed by atoms with van der Waals surface area (Å²) < 4.78 is 2.02. The second-order valence-electron chi connectivity index (χ2n) is 5.87. The monoisotopic (exact) mass is 347 g/mol. The van der Waals surface area contributed by atoms with E-state index in [0.717, 1.165) is 30.6 Å². The molecule has 1 aromatic carbocycles. The normalized spacial score (nSPS) is 10.2. The summed E-state index contributed by atoms with van der Waals surface area (Å²) in [5.41, 5.74) is 5.72. The van der Waals surface area contributed by atoms with E-state index in [-0.39, 0.29) is 18.3 Å². The fourth-order valence-electron chi connectivity index (χ4n) is 2.78. The summed E-state index contributed by atoms with van der Waals surface area (Å²) in [6.45, 7) is 8.74. The molecule has 0 fully saturated rings. The van der Waals surface area contributed by atoms with Gasteiger partial charge in [0.2, 0.25) is 6.54 Å². The predicted octanol–water partition coefficient (Wildman–Crippen LogP) is 4.03. The molecule has 0 saturated carbocycles. The molecule has 0 aliphatic carbocycles. The lowest BCUT2D eigenvalue weighted by Gasteiger charge is -2.13. The largest absolute Gasteiger partial charge is 0.320 e. The highest BCUT2D eigenvalue weighted by Crippen LogP contribution is 2.22. The van der Waals surface area contributed by atoms with Crippen molar-refractivity contribution in [2.45, 2.75) is 53.5 Å². The Morgan fingerprint density at radius 1 is 1.00 bits per heavy atom. The van der Waals surface area contributed by atoms with E-state index in [9.17, 15) is 4.79 Å². The van der Waals surface area contributed by atoms with Gasteiger partial charge in [0.15, 0.2) is 11.9 Å². The summed E-state index contributed by atoms with van der Waals surface area (Å²) in [4.78, 5) is 12.5. The second-order valence-corrected chi connectivity index (χ2v) is 5.87. The predicted molar refractivity (Wildman–Crippen MR) is 102 cm³/mol. The van der Waals surface area contributed by atoms with Crippen molar-refractivity contribution in [3.63, 3.8) is 0 Å². The molecule has 1 N–H and O–H groups in total. The molecule has 2 rings (SSSR count). The summed E-state index contributed by atoms with van der Waals surface area (Å²) in [6, 6.07) is 10.4. The molecule has 1 aromatic heterocycles. The van der Waals surface area contributed by atoms with Crippen LogP contribution >= 0.6 is 12.4 Å². The molecule has 0 spiro atoms. The van der Waals surface area contributed by atoms with Crippen molar-refractivity contribution >= 4 is 24.0 Å². The Kier molecular flexibility index (Phi) is 7.93. The van der Waals surface area contributed by atoms with E-state index >= 15 is 0 Å². The van der Waals surface area contributed by atoms with Crippen LogP contribution in [0.2, 0.25) is 0 Å². The number of anilines is 1. The molecule has 3 nitrogen and oxygen atoms in total. The quantitative estimate of drug-likeness (QED) is 0.786. The lowest BCUT2D eigenvalue weighted by atomic mass is 10.0. The first-order valence-electron chi connectivity index (χ1n) is 8.48. The van der Waals surface area contributed by atoms with E-state index in [2.05, 4.69) is 62.6 Å². The van der Waals surface area contributed by atoms with E-state index in [4.69, 9.17) is 0 Å². The maximum atomic E-state index is 12.5. The highest BCUT2D eigenvalue weighted by molar-refractivity contribution is 5.91. The van der Waals surface area contributed by atoms with Crippen LogP contribution in [0, 0.1) is 6.92 Å². The van der Waals surface area contributed by atoms with E-state index in [1.807, 2.05) is 11.5 Å².